The monoisotopic (exact) mass is 391 g/mol. The first-order valence-electron chi connectivity index (χ1n) is 8.64. The number of aromatic nitrogens is 1. The van der Waals surface area contributed by atoms with Crippen molar-refractivity contribution in [1.82, 2.24) is 4.98 Å². The van der Waals surface area contributed by atoms with Crippen LogP contribution in [-0.4, -0.2) is 15.8 Å². The number of hydrogen-bond acceptors (Lipinski definition) is 5. The fraction of sp³-hybridized carbons (Fsp3) is 0.0476. The first-order valence-corrected chi connectivity index (χ1v) is 8.64. The molecular weight excluding hydrogens is 377 g/mol. The highest BCUT2D eigenvalue weighted by Gasteiger charge is 2.15. The topological polar surface area (TPSA) is 98.3 Å². The third kappa shape index (κ3) is 3.55. The molecule has 8 heteroatoms. The molecule has 0 bridgehead atoms. The van der Waals surface area contributed by atoms with Crippen LogP contribution in [0.1, 0.15) is 15.9 Å². The van der Waals surface area contributed by atoms with Crippen molar-refractivity contribution in [3.63, 3.8) is 0 Å². The molecule has 0 saturated heterocycles. The minimum absolute atomic E-state index is 0.0498. The van der Waals surface area contributed by atoms with Gasteiger partial charge >= 0.3 is 0 Å². The molecule has 1 N–H and O–H groups in total. The van der Waals surface area contributed by atoms with E-state index in [0.29, 0.717) is 27.9 Å². The van der Waals surface area contributed by atoms with Gasteiger partial charge in [0.25, 0.3) is 11.6 Å². The molecule has 0 atom stereocenters. The second kappa shape index (κ2) is 7.16. The summed E-state index contributed by atoms with van der Waals surface area (Å²) in [6.07, 6.45) is 0. The highest BCUT2D eigenvalue weighted by Crippen LogP contribution is 2.28. The Labute approximate surface area is 164 Å². The standard InChI is InChI=1S/C21H14FN3O4/c1-12-10-13(6-8-18(12)25(27)28)20(26)23-14-7-9-19-17(11-14)24-21(29-19)15-4-2-3-5-16(15)22/h2-11H,1H3,(H,23,26). The zero-order valence-corrected chi connectivity index (χ0v) is 15.2. The van der Waals surface area contributed by atoms with Gasteiger partial charge in [-0.1, -0.05) is 12.1 Å². The average Bonchev–Trinajstić information content (AvgIpc) is 3.11. The first kappa shape index (κ1) is 18.3. The summed E-state index contributed by atoms with van der Waals surface area (Å²) in [5.41, 5.74) is 2.26. The minimum atomic E-state index is -0.497. The molecule has 0 saturated carbocycles. The normalized spacial score (nSPS) is 10.8. The van der Waals surface area contributed by atoms with Gasteiger partial charge < -0.3 is 9.73 Å². The lowest BCUT2D eigenvalue weighted by Gasteiger charge is -2.06. The zero-order chi connectivity index (χ0) is 20.5. The second-order valence-corrected chi connectivity index (χ2v) is 6.39. The Morgan fingerprint density at radius 1 is 1.14 bits per heavy atom. The summed E-state index contributed by atoms with van der Waals surface area (Å²) in [6, 6.07) is 15.2. The number of benzene rings is 3. The van der Waals surface area contributed by atoms with Gasteiger partial charge in [-0.3, -0.25) is 14.9 Å². The molecule has 0 fully saturated rings. The highest BCUT2D eigenvalue weighted by atomic mass is 19.1. The highest BCUT2D eigenvalue weighted by molar-refractivity contribution is 6.05. The molecule has 0 unspecified atom stereocenters. The van der Waals surface area contributed by atoms with E-state index in [9.17, 15) is 19.3 Å². The predicted octanol–water partition coefficient (Wildman–Crippen LogP) is 5.10. The Morgan fingerprint density at radius 2 is 1.93 bits per heavy atom. The van der Waals surface area contributed by atoms with E-state index in [2.05, 4.69) is 10.3 Å². The number of carbonyl (C=O) groups is 1. The fourth-order valence-electron chi connectivity index (χ4n) is 2.96. The molecule has 0 aliphatic rings. The summed E-state index contributed by atoms with van der Waals surface area (Å²) in [6.45, 7) is 1.57. The van der Waals surface area contributed by atoms with Gasteiger partial charge in [-0.2, -0.15) is 0 Å². The lowest BCUT2D eigenvalue weighted by atomic mass is 10.1. The van der Waals surface area contributed by atoms with Gasteiger partial charge in [0.15, 0.2) is 5.58 Å². The molecule has 144 valence electrons. The Kier molecular flexibility index (Phi) is 4.52. The minimum Gasteiger partial charge on any atom is -0.436 e. The van der Waals surface area contributed by atoms with Crippen LogP contribution in [0.4, 0.5) is 15.8 Å². The summed E-state index contributed by atoms with van der Waals surface area (Å²) in [5, 5.41) is 13.6. The van der Waals surface area contributed by atoms with Crippen molar-refractivity contribution in [2.75, 3.05) is 5.32 Å². The number of rotatable bonds is 4. The predicted molar refractivity (Wildman–Crippen MR) is 105 cm³/mol. The SMILES string of the molecule is Cc1cc(C(=O)Nc2ccc3oc(-c4ccccc4F)nc3c2)ccc1[N+](=O)[O-]. The molecular formula is C21H14FN3O4. The van der Waals surface area contributed by atoms with Crippen molar-refractivity contribution >= 4 is 28.4 Å². The molecule has 0 radical (unpaired) electrons. The number of nitro groups is 1. The maximum atomic E-state index is 14.0. The third-order valence-electron chi connectivity index (χ3n) is 4.41. The zero-order valence-electron chi connectivity index (χ0n) is 15.2. The van der Waals surface area contributed by atoms with Crippen molar-refractivity contribution in [3.8, 4) is 11.5 Å². The number of fused-ring (bicyclic) bond motifs is 1. The van der Waals surface area contributed by atoms with Crippen LogP contribution in [0.15, 0.2) is 65.1 Å². The number of nitrogens with one attached hydrogen (secondary N) is 1. The molecule has 1 heterocycles. The van der Waals surface area contributed by atoms with E-state index in [1.54, 1.807) is 43.3 Å². The Morgan fingerprint density at radius 3 is 2.66 bits per heavy atom. The van der Waals surface area contributed by atoms with Crippen LogP contribution in [-0.2, 0) is 0 Å². The number of hydrogen-bond donors (Lipinski definition) is 1. The second-order valence-electron chi connectivity index (χ2n) is 6.39. The van der Waals surface area contributed by atoms with Gasteiger partial charge in [0.05, 0.1) is 10.5 Å². The number of anilines is 1. The largest absolute Gasteiger partial charge is 0.436 e. The van der Waals surface area contributed by atoms with E-state index < -0.39 is 16.6 Å². The molecule has 0 aliphatic carbocycles. The number of amides is 1. The van der Waals surface area contributed by atoms with E-state index in [0.717, 1.165) is 0 Å². The fourth-order valence-corrected chi connectivity index (χ4v) is 2.96. The molecule has 7 nitrogen and oxygen atoms in total. The molecule has 3 aromatic carbocycles. The Balaban J connectivity index is 1.60. The van der Waals surface area contributed by atoms with Crippen molar-refractivity contribution in [1.29, 1.82) is 0 Å². The van der Waals surface area contributed by atoms with Crippen LogP contribution in [0.5, 0.6) is 0 Å². The number of carbonyl (C=O) groups excluding carboxylic acids is 1. The van der Waals surface area contributed by atoms with E-state index >= 15 is 0 Å². The van der Waals surface area contributed by atoms with Crippen LogP contribution in [0.3, 0.4) is 0 Å². The van der Waals surface area contributed by atoms with Crippen molar-refractivity contribution in [2.24, 2.45) is 0 Å². The Bertz CT molecular complexity index is 1270. The lowest BCUT2D eigenvalue weighted by Crippen LogP contribution is -2.12. The molecule has 4 rings (SSSR count). The number of nitrogens with zero attached hydrogens (tertiary/aromatic N) is 2. The van der Waals surface area contributed by atoms with Crippen LogP contribution < -0.4 is 5.32 Å². The van der Waals surface area contributed by atoms with E-state index in [-0.39, 0.29) is 17.1 Å². The van der Waals surface area contributed by atoms with Crippen LogP contribution in [0, 0.1) is 22.9 Å². The third-order valence-corrected chi connectivity index (χ3v) is 4.41. The van der Waals surface area contributed by atoms with Gasteiger partial charge in [0, 0.05) is 22.9 Å². The number of nitro benzene ring substituents is 1. The summed E-state index contributed by atoms with van der Waals surface area (Å²) >= 11 is 0. The maximum absolute atomic E-state index is 14.0. The van der Waals surface area contributed by atoms with Crippen molar-refractivity contribution < 1.29 is 18.5 Å². The number of aryl methyl sites for hydroxylation is 1. The van der Waals surface area contributed by atoms with Gasteiger partial charge in [-0.25, -0.2) is 9.37 Å². The Hall–Kier alpha value is -4.07. The molecule has 0 spiro atoms. The van der Waals surface area contributed by atoms with Gasteiger partial charge in [0.2, 0.25) is 5.89 Å². The van der Waals surface area contributed by atoms with Crippen LogP contribution in [0.25, 0.3) is 22.6 Å². The number of oxazole rings is 1. The summed E-state index contributed by atoms with van der Waals surface area (Å²) in [7, 11) is 0. The first-order chi connectivity index (χ1) is 13.9. The van der Waals surface area contributed by atoms with E-state index in [4.69, 9.17) is 4.42 Å². The van der Waals surface area contributed by atoms with Gasteiger partial charge in [-0.05, 0) is 49.4 Å². The molecule has 1 aromatic heterocycles. The summed E-state index contributed by atoms with van der Waals surface area (Å²) < 4.78 is 19.6. The smallest absolute Gasteiger partial charge is 0.272 e. The van der Waals surface area contributed by atoms with Crippen LogP contribution in [0.2, 0.25) is 0 Å². The van der Waals surface area contributed by atoms with Crippen molar-refractivity contribution in [3.05, 3.63) is 87.7 Å². The summed E-state index contributed by atoms with van der Waals surface area (Å²) in [5.74, 6) is -0.714. The molecule has 0 aliphatic heterocycles. The maximum Gasteiger partial charge on any atom is 0.272 e. The van der Waals surface area contributed by atoms with Gasteiger partial charge in [-0.15, -0.1) is 0 Å². The summed E-state index contributed by atoms with van der Waals surface area (Å²) in [4.78, 5) is 27.2. The van der Waals surface area contributed by atoms with E-state index in [1.807, 2.05) is 0 Å². The van der Waals surface area contributed by atoms with E-state index in [1.165, 1.54) is 24.3 Å². The van der Waals surface area contributed by atoms with Crippen LogP contribution >= 0.6 is 0 Å². The average molecular weight is 391 g/mol. The van der Waals surface area contributed by atoms with Gasteiger partial charge in [0.1, 0.15) is 11.3 Å². The molecule has 4 aromatic rings. The lowest BCUT2D eigenvalue weighted by molar-refractivity contribution is -0.385. The molecule has 29 heavy (non-hydrogen) atoms. The quantitative estimate of drug-likeness (QED) is 0.385. The molecule has 1 amide bonds. The van der Waals surface area contributed by atoms with Crippen molar-refractivity contribution in [2.45, 2.75) is 6.92 Å². The number of halogens is 1.